The number of benzene rings is 2. The lowest BCUT2D eigenvalue weighted by Gasteiger charge is -2.22. The van der Waals surface area contributed by atoms with E-state index in [1.807, 2.05) is 52.0 Å². The molecule has 2 aromatic carbocycles. The number of carbonyl (C=O) groups is 2. The van der Waals surface area contributed by atoms with Gasteiger partial charge < -0.3 is 10.6 Å². The van der Waals surface area contributed by atoms with Crippen molar-refractivity contribution >= 4 is 29.1 Å². The predicted octanol–water partition coefficient (Wildman–Crippen LogP) is 4.35. The predicted molar refractivity (Wildman–Crippen MR) is 102 cm³/mol. The Hall–Kier alpha value is -2.33. The lowest BCUT2D eigenvalue weighted by molar-refractivity contribution is -0.118. The summed E-state index contributed by atoms with van der Waals surface area (Å²) in [6, 6.07) is 12.0. The third kappa shape index (κ3) is 4.83. The summed E-state index contributed by atoms with van der Waals surface area (Å²) in [5.74, 6) is -0.579. The summed E-state index contributed by atoms with van der Waals surface area (Å²) < 4.78 is 0. The second-order valence-corrected chi connectivity index (χ2v) is 6.90. The van der Waals surface area contributed by atoms with Gasteiger partial charge in [-0.05, 0) is 49.1 Å². The van der Waals surface area contributed by atoms with Crippen molar-refractivity contribution < 1.29 is 9.59 Å². The molecule has 1 unspecified atom stereocenters. The summed E-state index contributed by atoms with van der Waals surface area (Å²) in [6.07, 6.45) is 0. The van der Waals surface area contributed by atoms with E-state index in [-0.39, 0.29) is 17.7 Å². The summed E-state index contributed by atoms with van der Waals surface area (Å²) >= 11 is 6.00. The highest BCUT2D eigenvalue weighted by Crippen LogP contribution is 2.21. The minimum Gasteiger partial charge on any atom is -0.340 e. The molecule has 2 aromatic rings. The number of aryl methyl sites for hydroxylation is 2. The summed E-state index contributed by atoms with van der Waals surface area (Å²) in [5.41, 5.74) is 2.99. The van der Waals surface area contributed by atoms with Crippen molar-refractivity contribution in [2.24, 2.45) is 5.92 Å². The second kappa shape index (κ2) is 8.17. The highest BCUT2D eigenvalue weighted by molar-refractivity contribution is 6.31. The maximum absolute atomic E-state index is 12.7. The van der Waals surface area contributed by atoms with Crippen LogP contribution in [0.5, 0.6) is 0 Å². The Morgan fingerprint density at radius 1 is 1.00 bits per heavy atom. The van der Waals surface area contributed by atoms with E-state index in [2.05, 4.69) is 10.6 Å². The van der Waals surface area contributed by atoms with E-state index in [1.54, 1.807) is 18.2 Å². The first-order chi connectivity index (χ1) is 11.8. The van der Waals surface area contributed by atoms with Gasteiger partial charge in [-0.2, -0.15) is 0 Å². The summed E-state index contributed by atoms with van der Waals surface area (Å²) in [6.45, 7) is 7.55. The van der Waals surface area contributed by atoms with Crippen molar-refractivity contribution in [3.05, 3.63) is 64.2 Å². The van der Waals surface area contributed by atoms with Gasteiger partial charge in [0.05, 0.1) is 0 Å². The molecule has 0 radical (unpaired) electrons. The Morgan fingerprint density at radius 2 is 1.68 bits per heavy atom. The maximum Gasteiger partial charge on any atom is 0.252 e. The van der Waals surface area contributed by atoms with E-state index in [1.165, 1.54) is 0 Å². The minimum absolute atomic E-state index is 0.0625. The van der Waals surface area contributed by atoms with Gasteiger partial charge in [-0.25, -0.2) is 0 Å². The highest BCUT2D eigenvalue weighted by atomic mass is 35.5. The van der Waals surface area contributed by atoms with E-state index in [4.69, 9.17) is 11.6 Å². The number of hydrogen-bond donors (Lipinski definition) is 2. The smallest absolute Gasteiger partial charge is 0.252 e. The molecule has 0 aliphatic rings. The molecule has 0 fully saturated rings. The molecule has 2 N–H and O–H groups in total. The molecule has 0 saturated carbocycles. The van der Waals surface area contributed by atoms with Crippen LogP contribution in [0.15, 0.2) is 42.5 Å². The van der Waals surface area contributed by atoms with E-state index in [9.17, 15) is 9.59 Å². The minimum atomic E-state index is -0.648. The summed E-state index contributed by atoms with van der Waals surface area (Å²) in [4.78, 5) is 25.2. The van der Waals surface area contributed by atoms with Crippen LogP contribution in [0.3, 0.4) is 0 Å². The molecular formula is C20H23ClN2O2. The van der Waals surface area contributed by atoms with Gasteiger partial charge in [0.25, 0.3) is 5.91 Å². The second-order valence-electron chi connectivity index (χ2n) is 6.46. The molecule has 5 heteroatoms. The first-order valence-corrected chi connectivity index (χ1v) is 8.61. The van der Waals surface area contributed by atoms with Crippen LogP contribution in [0.25, 0.3) is 0 Å². The van der Waals surface area contributed by atoms with Crippen LogP contribution in [0, 0.1) is 19.8 Å². The number of carbonyl (C=O) groups excluding carboxylic acids is 2. The number of rotatable bonds is 5. The molecular weight excluding hydrogens is 336 g/mol. The van der Waals surface area contributed by atoms with Gasteiger partial charge in [0.1, 0.15) is 6.04 Å². The van der Waals surface area contributed by atoms with Gasteiger partial charge in [-0.3, -0.25) is 9.59 Å². The average Bonchev–Trinajstić information content (AvgIpc) is 2.55. The van der Waals surface area contributed by atoms with Crippen molar-refractivity contribution in [1.29, 1.82) is 0 Å². The lowest BCUT2D eigenvalue weighted by atomic mass is 10.0. The van der Waals surface area contributed by atoms with Crippen LogP contribution in [0.2, 0.25) is 5.02 Å². The van der Waals surface area contributed by atoms with Crippen LogP contribution >= 0.6 is 11.6 Å². The standard InChI is InChI=1S/C20H23ClN2O2/c1-12(2)18(23-19(24)16-8-6-5-7-13(16)3)20(25)22-17-11-15(21)10-9-14(17)4/h5-12,18H,1-4H3,(H,22,25)(H,23,24). The van der Waals surface area contributed by atoms with Crippen molar-refractivity contribution in [3.8, 4) is 0 Å². The first-order valence-electron chi connectivity index (χ1n) is 8.23. The summed E-state index contributed by atoms with van der Waals surface area (Å²) in [5, 5.41) is 6.26. The van der Waals surface area contributed by atoms with Crippen molar-refractivity contribution in [3.63, 3.8) is 0 Å². The zero-order valence-electron chi connectivity index (χ0n) is 14.9. The molecule has 0 bridgehead atoms. The third-order valence-corrected chi connectivity index (χ3v) is 4.32. The Kier molecular flexibility index (Phi) is 6.21. The van der Waals surface area contributed by atoms with Gasteiger partial charge in [-0.1, -0.05) is 49.7 Å². The number of nitrogens with one attached hydrogen (secondary N) is 2. The molecule has 1 atom stereocenters. The fourth-order valence-corrected chi connectivity index (χ4v) is 2.69. The molecule has 0 spiro atoms. The molecule has 0 aliphatic heterocycles. The molecule has 0 saturated heterocycles. The van der Waals surface area contributed by atoms with Gasteiger partial charge in [-0.15, -0.1) is 0 Å². The summed E-state index contributed by atoms with van der Waals surface area (Å²) in [7, 11) is 0. The van der Waals surface area contributed by atoms with Crippen LogP contribution in [0.1, 0.15) is 35.3 Å². The average molecular weight is 359 g/mol. The van der Waals surface area contributed by atoms with Gasteiger partial charge in [0, 0.05) is 16.3 Å². The highest BCUT2D eigenvalue weighted by Gasteiger charge is 2.25. The Morgan fingerprint density at radius 3 is 2.32 bits per heavy atom. The number of anilines is 1. The topological polar surface area (TPSA) is 58.2 Å². The molecule has 0 aromatic heterocycles. The van der Waals surface area contributed by atoms with E-state index in [0.29, 0.717) is 16.3 Å². The zero-order chi connectivity index (χ0) is 18.6. The molecule has 4 nitrogen and oxygen atoms in total. The zero-order valence-corrected chi connectivity index (χ0v) is 15.6. The fraction of sp³-hybridized carbons (Fsp3) is 0.300. The van der Waals surface area contributed by atoms with Crippen molar-refractivity contribution in [2.75, 3.05) is 5.32 Å². The SMILES string of the molecule is Cc1ccc(Cl)cc1NC(=O)C(NC(=O)c1ccccc1C)C(C)C. The third-order valence-electron chi connectivity index (χ3n) is 4.08. The van der Waals surface area contributed by atoms with Crippen LogP contribution in [0.4, 0.5) is 5.69 Å². The fourth-order valence-electron chi connectivity index (χ4n) is 2.52. The van der Waals surface area contributed by atoms with E-state index < -0.39 is 6.04 Å². The molecule has 25 heavy (non-hydrogen) atoms. The Bertz CT molecular complexity index is 787. The lowest BCUT2D eigenvalue weighted by Crippen LogP contribution is -2.47. The van der Waals surface area contributed by atoms with E-state index >= 15 is 0 Å². The van der Waals surface area contributed by atoms with Crippen LogP contribution < -0.4 is 10.6 Å². The molecule has 2 rings (SSSR count). The number of halogens is 1. The molecule has 2 amide bonds. The molecule has 0 aliphatic carbocycles. The first kappa shape index (κ1) is 19.0. The largest absolute Gasteiger partial charge is 0.340 e. The molecule has 132 valence electrons. The van der Waals surface area contributed by atoms with Crippen molar-refractivity contribution in [2.45, 2.75) is 33.7 Å². The normalized spacial score (nSPS) is 11.9. The Balaban J connectivity index is 2.17. The monoisotopic (exact) mass is 358 g/mol. The number of amides is 2. The maximum atomic E-state index is 12.7. The van der Waals surface area contributed by atoms with Gasteiger partial charge in [0.15, 0.2) is 0 Å². The van der Waals surface area contributed by atoms with Crippen LogP contribution in [-0.4, -0.2) is 17.9 Å². The van der Waals surface area contributed by atoms with Gasteiger partial charge >= 0.3 is 0 Å². The molecule has 0 heterocycles. The Labute approximate surface area is 153 Å². The van der Waals surface area contributed by atoms with Gasteiger partial charge in [0.2, 0.25) is 5.91 Å². The van der Waals surface area contributed by atoms with Crippen molar-refractivity contribution in [1.82, 2.24) is 5.32 Å². The van der Waals surface area contributed by atoms with E-state index in [0.717, 1.165) is 11.1 Å². The number of hydrogen-bond acceptors (Lipinski definition) is 2. The van der Waals surface area contributed by atoms with Crippen LogP contribution in [-0.2, 0) is 4.79 Å². The quantitative estimate of drug-likeness (QED) is 0.834.